The van der Waals surface area contributed by atoms with Crippen molar-refractivity contribution < 1.29 is 14.3 Å². The minimum atomic E-state index is -0.282. The lowest BCUT2D eigenvalue weighted by Gasteiger charge is -2.26. The summed E-state index contributed by atoms with van der Waals surface area (Å²) in [6, 6.07) is 5.10. The Morgan fingerprint density at radius 3 is 3.06 bits per heavy atom. The Morgan fingerprint density at radius 1 is 1.59 bits per heavy atom. The van der Waals surface area contributed by atoms with Crippen molar-refractivity contribution in [2.24, 2.45) is 5.73 Å². The first kappa shape index (κ1) is 11.4. The SMILES string of the molecule is CN1C(=O)COc2ccc(NC(=O)CN)cc21. The van der Waals surface area contributed by atoms with Gasteiger partial charge in [-0.1, -0.05) is 0 Å². The fraction of sp³-hybridized carbons (Fsp3) is 0.273. The summed E-state index contributed by atoms with van der Waals surface area (Å²) in [6.45, 7) is -0.0413. The number of fused-ring (bicyclic) bond motifs is 1. The lowest BCUT2D eigenvalue weighted by Crippen LogP contribution is -2.35. The van der Waals surface area contributed by atoms with Gasteiger partial charge in [-0.2, -0.15) is 0 Å². The monoisotopic (exact) mass is 235 g/mol. The third-order valence-electron chi connectivity index (χ3n) is 2.51. The van der Waals surface area contributed by atoms with Crippen LogP contribution in [0.5, 0.6) is 5.75 Å². The van der Waals surface area contributed by atoms with Gasteiger partial charge in [-0.25, -0.2) is 0 Å². The maximum absolute atomic E-state index is 11.4. The van der Waals surface area contributed by atoms with E-state index in [2.05, 4.69) is 5.32 Å². The average molecular weight is 235 g/mol. The van der Waals surface area contributed by atoms with E-state index in [1.165, 1.54) is 4.90 Å². The van der Waals surface area contributed by atoms with Crippen LogP contribution in [0.4, 0.5) is 11.4 Å². The number of rotatable bonds is 2. The molecule has 0 aliphatic carbocycles. The Bertz CT molecular complexity index is 473. The summed E-state index contributed by atoms with van der Waals surface area (Å²) in [6.07, 6.45) is 0. The molecule has 1 aromatic carbocycles. The van der Waals surface area contributed by atoms with Gasteiger partial charge < -0.3 is 20.7 Å². The zero-order chi connectivity index (χ0) is 12.4. The minimum Gasteiger partial charge on any atom is -0.482 e. The number of benzene rings is 1. The second-order valence-corrected chi connectivity index (χ2v) is 3.68. The Balaban J connectivity index is 2.29. The van der Waals surface area contributed by atoms with Crippen LogP contribution in [0.2, 0.25) is 0 Å². The number of carbonyl (C=O) groups excluding carboxylic acids is 2. The van der Waals surface area contributed by atoms with Gasteiger partial charge in [0, 0.05) is 12.7 Å². The molecule has 1 aliphatic rings. The molecule has 0 unspecified atom stereocenters. The van der Waals surface area contributed by atoms with Crippen LogP contribution in [0.15, 0.2) is 18.2 Å². The number of nitrogens with one attached hydrogen (secondary N) is 1. The van der Waals surface area contributed by atoms with Crippen molar-refractivity contribution in [3.8, 4) is 5.75 Å². The topological polar surface area (TPSA) is 84.7 Å². The van der Waals surface area contributed by atoms with Crippen LogP contribution in [0.1, 0.15) is 0 Å². The van der Waals surface area contributed by atoms with Gasteiger partial charge >= 0.3 is 0 Å². The number of ether oxygens (including phenoxy) is 1. The summed E-state index contributed by atoms with van der Waals surface area (Å²) < 4.78 is 5.26. The van der Waals surface area contributed by atoms with E-state index in [9.17, 15) is 9.59 Å². The highest BCUT2D eigenvalue weighted by atomic mass is 16.5. The van der Waals surface area contributed by atoms with E-state index in [0.29, 0.717) is 17.1 Å². The number of amides is 2. The Kier molecular flexibility index (Phi) is 2.97. The molecule has 3 N–H and O–H groups in total. The van der Waals surface area contributed by atoms with Crippen molar-refractivity contribution in [1.29, 1.82) is 0 Å². The number of nitrogens with two attached hydrogens (primary N) is 1. The Morgan fingerprint density at radius 2 is 2.35 bits per heavy atom. The number of anilines is 2. The van der Waals surface area contributed by atoms with Gasteiger partial charge in [-0.05, 0) is 18.2 Å². The number of carbonyl (C=O) groups is 2. The highest BCUT2D eigenvalue weighted by Crippen LogP contribution is 2.33. The maximum Gasteiger partial charge on any atom is 0.264 e. The summed E-state index contributed by atoms with van der Waals surface area (Å²) in [5, 5.41) is 2.62. The molecule has 1 heterocycles. The largest absolute Gasteiger partial charge is 0.482 e. The van der Waals surface area contributed by atoms with Crippen LogP contribution in [0.25, 0.3) is 0 Å². The van der Waals surface area contributed by atoms with E-state index < -0.39 is 0 Å². The van der Waals surface area contributed by atoms with Gasteiger partial charge in [0.05, 0.1) is 12.2 Å². The molecule has 6 nitrogen and oxygen atoms in total. The molecule has 2 rings (SSSR count). The summed E-state index contributed by atoms with van der Waals surface area (Å²) in [5.74, 6) is 0.216. The molecule has 0 spiro atoms. The van der Waals surface area contributed by atoms with E-state index >= 15 is 0 Å². The summed E-state index contributed by atoms with van der Waals surface area (Å²) in [5.41, 5.74) is 6.43. The third kappa shape index (κ3) is 2.21. The molecule has 1 aliphatic heterocycles. The molecule has 0 saturated heterocycles. The summed E-state index contributed by atoms with van der Waals surface area (Å²) in [7, 11) is 1.66. The quantitative estimate of drug-likeness (QED) is 0.752. The summed E-state index contributed by atoms with van der Waals surface area (Å²) in [4.78, 5) is 24.1. The number of hydrogen-bond acceptors (Lipinski definition) is 4. The average Bonchev–Trinajstić information content (AvgIpc) is 2.34. The van der Waals surface area contributed by atoms with E-state index in [-0.39, 0.29) is 25.0 Å². The predicted octanol–water partition coefficient (Wildman–Crippen LogP) is -0.0610. The second-order valence-electron chi connectivity index (χ2n) is 3.68. The molecule has 0 fully saturated rings. The van der Waals surface area contributed by atoms with Gasteiger partial charge in [-0.3, -0.25) is 9.59 Å². The van der Waals surface area contributed by atoms with Crippen LogP contribution in [-0.4, -0.2) is 32.0 Å². The van der Waals surface area contributed by atoms with Crippen LogP contribution in [-0.2, 0) is 9.59 Å². The first-order valence-electron chi connectivity index (χ1n) is 5.15. The first-order valence-corrected chi connectivity index (χ1v) is 5.15. The second kappa shape index (κ2) is 4.42. The highest BCUT2D eigenvalue weighted by molar-refractivity contribution is 5.99. The number of likely N-dealkylation sites (N-methyl/N-ethyl adjacent to an activating group) is 1. The normalized spacial score (nSPS) is 14.0. The molecule has 0 atom stereocenters. The number of nitrogens with zero attached hydrogens (tertiary/aromatic N) is 1. The zero-order valence-corrected chi connectivity index (χ0v) is 9.40. The molecule has 0 bridgehead atoms. The summed E-state index contributed by atoms with van der Waals surface area (Å²) >= 11 is 0. The molecule has 17 heavy (non-hydrogen) atoms. The van der Waals surface area contributed by atoms with Gasteiger partial charge in [0.15, 0.2) is 6.61 Å². The van der Waals surface area contributed by atoms with E-state index in [0.717, 1.165) is 0 Å². The van der Waals surface area contributed by atoms with Crippen molar-refractivity contribution in [1.82, 2.24) is 0 Å². The smallest absolute Gasteiger partial charge is 0.264 e. The van der Waals surface area contributed by atoms with Gasteiger partial charge in [0.25, 0.3) is 5.91 Å². The molecule has 90 valence electrons. The van der Waals surface area contributed by atoms with Crippen molar-refractivity contribution in [2.75, 3.05) is 30.4 Å². The lowest BCUT2D eigenvalue weighted by atomic mass is 10.2. The zero-order valence-electron chi connectivity index (χ0n) is 9.40. The van der Waals surface area contributed by atoms with Crippen molar-refractivity contribution in [3.63, 3.8) is 0 Å². The molecule has 0 saturated carbocycles. The van der Waals surface area contributed by atoms with Crippen molar-refractivity contribution in [2.45, 2.75) is 0 Å². The van der Waals surface area contributed by atoms with Gasteiger partial charge in [0.1, 0.15) is 5.75 Å². The Hall–Kier alpha value is -2.08. The molecule has 0 aromatic heterocycles. The van der Waals surface area contributed by atoms with Crippen molar-refractivity contribution in [3.05, 3.63) is 18.2 Å². The third-order valence-corrected chi connectivity index (χ3v) is 2.51. The standard InChI is InChI=1S/C11H13N3O3/c1-14-8-4-7(13-10(15)5-12)2-3-9(8)17-6-11(14)16/h2-4H,5-6,12H2,1H3,(H,13,15). The van der Waals surface area contributed by atoms with Gasteiger partial charge in [-0.15, -0.1) is 0 Å². The van der Waals surface area contributed by atoms with Crippen LogP contribution in [0, 0.1) is 0 Å². The molecule has 6 heteroatoms. The predicted molar refractivity (Wildman–Crippen MR) is 63.0 cm³/mol. The molecule has 2 amide bonds. The molecule has 1 aromatic rings. The highest BCUT2D eigenvalue weighted by Gasteiger charge is 2.22. The van der Waals surface area contributed by atoms with Crippen LogP contribution in [0.3, 0.4) is 0 Å². The molecule has 0 radical (unpaired) electrons. The first-order chi connectivity index (χ1) is 8.11. The molecular formula is C11H13N3O3. The fourth-order valence-electron chi connectivity index (χ4n) is 1.56. The maximum atomic E-state index is 11.4. The fourth-order valence-corrected chi connectivity index (χ4v) is 1.56. The van der Waals surface area contributed by atoms with Gasteiger partial charge in [0.2, 0.25) is 5.91 Å². The van der Waals surface area contributed by atoms with E-state index in [4.69, 9.17) is 10.5 Å². The minimum absolute atomic E-state index is 0.0397. The number of hydrogen-bond donors (Lipinski definition) is 2. The molecular weight excluding hydrogens is 222 g/mol. The van der Waals surface area contributed by atoms with E-state index in [1.807, 2.05) is 0 Å². The Labute approximate surface area is 98.3 Å². The van der Waals surface area contributed by atoms with Crippen molar-refractivity contribution >= 4 is 23.2 Å². The van der Waals surface area contributed by atoms with Crippen LogP contribution >= 0.6 is 0 Å². The lowest BCUT2D eigenvalue weighted by molar-refractivity contribution is -0.121. The van der Waals surface area contributed by atoms with Crippen LogP contribution < -0.4 is 20.7 Å². The van der Waals surface area contributed by atoms with E-state index in [1.54, 1.807) is 25.2 Å².